The Morgan fingerprint density at radius 3 is 2.40 bits per heavy atom. The molecule has 0 spiro atoms. The summed E-state index contributed by atoms with van der Waals surface area (Å²) in [6.45, 7) is 2.81. The Labute approximate surface area is 129 Å². The van der Waals surface area contributed by atoms with Crippen molar-refractivity contribution >= 4 is 34.8 Å². The van der Waals surface area contributed by atoms with E-state index in [4.69, 9.17) is 23.2 Å². The average Bonchev–Trinajstić information content (AvgIpc) is 2.41. The van der Waals surface area contributed by atoms with Crippen LogP contribution in [-0.2, 0) is 6.54 Å². The van der Waals surface area contributed by atoms with Crippen molar-refractivity contribution in [1.29, 1.82) is 0 Å². The highest BCUT2D eigenvalue weighted by Gasteiger charge is 2.12. The lowest BCUT2D eigenvalue weighted by atomic mass is 10.1. The number of aromatic nitrogens is 1. The summed E-state index contributed by atoms with van der Waals surface area (Å²) in [5.41, 5.74) is 2.45. The van der Waals surface area contributed by atoms with Crippen molar-refractivity contribution in [3.05, 3.63) is 51.5 Å². The predicted octanol–water partition coefficient (Wildman–Crippen LogP) is 4.37. The lowest BCUT2D eigenvalue weighted by Gasteiger charge is -2.20. The first kappa shape index (κ1) is 14.9. The normalized spacial score (nSPS) is 10.4. The molecule has 0 aliphatic heterocycles. The lowest BCUT2D eigenvalue weighted by Crippen LogP contribution is -2.18. The first-order chi connectivity index (χ1) is 9.51. The number of hydrogen-bond donors (Lipinski definition) is 1. The molecule has 106 valence electrons. The number of nitrogens with zero attached hydrogens (tertiary/aromatic N) is 2. The Morgan fingerprint density at radius 2 is 1.80 bits per heavy atom. The molecule has 1 aromatic heterocycles. The predicted molar refractivity (Wildman–Crippen MR) is 87.1 cm³/mol. The number of benzene rings is 1. The van der Waals surface area contributed by atoms with Crippen LogP contribution in [0, 0.1) is 6.92 Å². The van der Waals surface area contributed by atoms with Gasteiger partial charge in [-0.1, -0.05) is 53.0 Å². The van der Waals surface area contributed by atoms with Crippen LogP contribution in [0.5, 0.6) is 0 Å². The van der Waals surface area contributed by atoms with Crippen molar-refractivity contribution in [3.63, 3.8) is 0 Å². The van der Waals surface area contributed by atoms with Crippen molar-refractivity contribution in [2.45, 2.75) is 13.5 Å². The number of halogens is 2. The summed E-state index contributed by atoms with van der Waals surface area (Å²) in [6.07, 6.45) is 0. The summed E-state index contributed by atoms with van der Waals surface area (Å²) in [6, 6.07) is 10.1. The van der Waals surface area contributed by atoms with E-state index >= 15 is 0 Å². The second-order valence-electron chi connectivity index (χ2n) is 4.72. The molecule has 0 amide bonds. The first-order valence-electron chi connectivity index (χ1n) is 6.31. The molecule has 0 fully saturated rings. The van der Waals surface area contributed by atoms with Crippen molar-refractivity contribution < 1.29 is 0 Å². The summed E-state index contributed by atoms with van der Waals surface area (Å²) in [5, 5.41) is 4.02. The fourth-order valence-corrected chi connectivity index (χ4v) is 2.54. The highest BCUT2D eigenvalue weighted by Crippen LogP contribution is 2.31. The standard InChI is InChI=1S/C15H17Cl2N3/c1-10-4-6-11(7-5-10)9-20(3)15-13(17)8-12(16)14(18-2)19-15/h4-8H,9H2,1-3H3,(H,18,19). The van der Waals surface area contributed by atoms with Crippen LogP contribution in [0.25, 0.3) is 0 Å². The minimum absolute atomic E-state index is 0.519. The molecule has 1 N–H and O–H groups in total. The Kier molecular flexibility index (Phi) is 4.73. The van der Waals surface area contributed by atoms with E-state index in [2.05, 4.69) is 41.5 Å². The van der Waals surface area contributed by atoms with Gasteiger partial charge in [0.1, 0.15) is 11.6 Å². The van der Waals surface area contributed by atoms with Gasteiger partial charge in [-0.3, -0.25) is 0 Å². The molecule has 20 heavy (non-hydrogen) atoms. The van der Waals surface area contributed by atoms with E-state index in [1.54, 1.807) is 13.1 Å². The van der Waals surface area contributed by atoms with Gasteiger partial charge in [0.25, 0.3) is 0 Å². The lowest BCUT2D eigenvalue weighted by molar-refractivity contribution is 0.898. The number of anilines is 2. The van der Waals surface area contributed by atoms with Gasteiger partial charge in [-0.25, -0.2) is 4.98 Å². The quantitative estimate of drug-likeness (QED) is 0.908. The van der Waals surface area contributed by atoms with Gasteiger partial charge in [0, 0.05) is 20.6 Å². The molecule has 0 radical (unpaired) electrons. The monoisotopic (exact) mass is 309 g/mol. The molecule has 2 rings (SSSR count). The Morgan fingerprint density at radius 1 is 1.15 bits per heavy atom. The summed E-state index contributed by atoms with van der Waals surface area (Å²) >= 11 is 12.3. The van der Waals surface area contributed by atoms with Crippen LogP contribution in [0.2, 0.25) is 10.0 Å². The summed E-state index contributed by atoms with van der Waals surface area (Å²) in [7, 11) is 3.74. The highest BCUT2D eigenvalue weighted by molar-refractivity contribution is 6.37. The largest absolute Gasteiger partial charge is 0.372 e. The van der Waals surface area contributed by atoms with Gasteiger partial charge in [-0.05, 0) is 18.6 Å². The molecule has 0 saturated heterocycles. The topological polar surface area (TPSA) is 28.2 Å². The zero-order valence-electron chi connectivity index (χ0n) is 11.7. The molecule has 2 aromatic rings. The SMILES string of the molecule is CNc1nc(N(C)Cc2ccc(C)cc2)c(Cl)cc1Cl. The zero-order chi connectivity index (χ0) is 14.7. The van der Waals surface area contributed by atoms with E-state index in [1.807, 2.05) is 11.9 Å². The number of aryl methyl sites for hydroxylation is 1. The van der Waals surface area contributed by atoms with Crippen molar-refractivity contribution in [2.75, 3.05) is 24.3 Å². The van der Waals surface area contributed by atoms with E-state index in [-0.39, 0.29) is 0 Å². The molecule has 5 heteroatoms. The minimum Gasteiger partial charge on any atom is -0.372 e. The molecule has 0 aliphatic carbocycles. The molecule has 1 aromatic carbocycles. The van der Waals surface area contributed by atoms with Crippen molar-refractivity contribution in [2.24, 2.45) is 0 Å². The third-order valence-corrected chi connectivity index (χ3v) is 3.62. The van der Waals surface area contributed by atoms with Crippen LogP contribution in [0.15, 0.2) is 30.3 Å². The van der Waals surface area contributed by atoms with E-state index in [0.29, 0.717) is 21.7 Å². The van der Waals surface area contributed by atoms with Crippen LogP contribution in [0.3, 0.4) is 0 Å². The van der Waals surface area contributed by atoms with E-state index < -0.39 is 0 Å². The zero-order valence-corrected chi connectivity index (χ0v) is 13.3. The maximum absolute atomic E-state index is 6.23. The Hall–Kier alpha value is -1.45. The third kappa shape index (κ3) is 3.35. The van der Waals surface area contributed by atoms with Crippen LogP contribution in [0.1, 0.15) is 11.1 Å². The van der Waals surface area contributed by atoms with Gasteiger partial charge < -0.3 is 10.2 Å². The van der Waals surface area contributed by atoms with E-state index in [0.717, 1.165) is 6.54 Å². The molecule has 0 saturated carbocycles. The second kappa shape index (κ2) is 6.33. The number of hydrogen-bond acceptors (Lipinski definition) is 3. The number of nitrogens with one attached hydrogen (secondary N) is 1. The van der Waals surface area contributed by atoms with Crippen LogP contribution < -0.4 is 10.2 Å². The third-order valence-electron chi connectivity index (χ3n) is 3.05. The number of rotatable bonds is 4. The van der Waals surface area contributed by atoms with Crippen LogP contribution >= 0.6 is 23.2 Å². The molecule has 0 atom stereocenters. The van der Waals surface area contributed by atoms with Gasteiger partial charge >= 0.3 is 0 Å². The second-order valence-corrected chi connectivity index (χ2v) is 5.53. The summed E-state index contributed by atoms with van der Waals surface area (Å²) < 4.78 is 0. The number of pyridine rings is 1. The Balaban J connectivity index is 2.24. The van der Waals surface area contributed by atoms with Crippen LogP contribution in [-0.4, -0.2) is 19.1 Å². The smallest absolute Gasteiger partial charge is 0.149 e. The molecule has 0 aliphatic rings. The molecule has 1 heterocycles. The van der Waals surface area contributed by atoms with Crippen molar-refractivity contribution in [1.82, 2.24) is 4.98 Å². The minimum atomic E-state index is 0.519. The van der Waals surface area contributed by atoms with E-state index in [9.17, 15) is 0 Å². The van der Waals surface area contributed by atoms with E-state index in [1.165, 1.54) is 11.1 Å². The van der Waals surface area contributed by atoms with Gasteiger partial charge in [0.2, 0.25) is 0 Å². The maximum Gasteiger partial charge on any atom is 0.149 e. The van der Waals surface area contributed by atoms with Crippen LogP contribution in [0.4, 0.5) is 11.6 Å². The van der Waals surface area contributed by atoms with Gasteiger partial charge in [0.05, 0.1) is 10.0 Å². The molecular weight excluding hydrogens is 293 g/mol. The summed E-state index contributed by atoms with van der Waals surface area (Å²) in [5.74, 6) is 1.34. The fraction of sp³-hybridized carbons (Fsp3) is 0.267. The summed E-state index contributed by atoms with van der Waals surface area (Å²) in [4.78, 5) is 6.46. The molecule has 3 nitrogen and oxygen atoms in total. The first-order valence-corrected chi connectivity index (χ1v) is 7.07. The van der Waals surface area contributed by atoms with Gasteiger partial charge in [-0.2, -0.15) is 0 Å². The highest BCUT2D eigenvalue weighted by atomic mass is 35.5. The molecular formula is C15H17Cl2N3. The Bertz CT molecular complexity index is 597. The van der Waals surface area contributed by atoms with Gasteiger partial charge in [-0.15, -0.1) is 0 Å². The molecule has 0 bridgehead atoms. The van der Waals surface area contributed by atoms with Crippen molar-refractivity contribution in [3.8, 4) is 0 Å². The van der Waals surface area contributed by atoms with Gasteiger partial charge in [0.15, 0.2) is 0 Å². The average molecular weight is 310 g/mol. The molecule has 0 unspecified atom stereocenters. The fourth-order valence-electron chi connectivity index (χ4n) is 1.94. The maximum atomic E-state index is 6.23.